The van der Waals surface area contributed by atoms with E-state index in [1.807, 2.05) is 0 Å². The molecule has 0 radical (unpaired) electrons. The zero-order valence-electron chi connectivity index (χ0n) is 33.4. The van der Waals surface area contributed by atoms with Crippen molar-refractivity contribution in [2.75, 3.05) is 13.2 Å². The van der Waals surface area contributed by atoms with Gasteiger partial charge < -0.3 is 16.0 Å². The van der Waals surface area contributed by atoms with E-state index in [0.717, 1.165) is 19.3 Å². The Balaban J connectivity index is 0. The number of carbonyl (C=O) groups is 1. The Hall–Kier alpha value is -0.710. The van der Waals surface area contributed by atoms with Gasteiger partial charge in [0.25, 0.3) is 0 Å². The van der Waals surface area contributed by atoms with Gasteiger partial charge in [-0.2, -0.15) is 0 Å². The van der Waals surface area contributed by atoms with Gasteiger partial charge in [0.15, 0.2) is 11.5 Å². The predicted octanol–water partition coefficient (Wildman–Crippen LogP) is 11.8. The Morgan fingerprint density at radius 2 is 0.729 bits per heavy atom. The topological polar surface area (TPSA) is 55.8 Å². The van der Waals surface area contributed by atoms with E-state index in [9.17, 15) is 9.90 Å². The summed E-state index contributed by atoms with van der Waals surface area (Å²) in [6, 6.07) is 5.00. The van der Waals surface area contributed by atoms with Crippen LogP contribution in [0.4, 0.5) is 0 Å². The summed E-state index contributed by atoms with van der Waals surface area (Å²) in [6.07, 6.45) is 43.2. The summed E-state index contributed by atoms with van der Waals surface area (Å²) in [4.78, 5) is 11.5. The van der Waals surface area contributed by atoms with Gasteiger partial charge in [-0.15, -0.1) is 0 Å². The minimum atomic E-state index is -0.929. The molecule has 0 saturated carbocycles. The van der Waals surface area contributed by atoms with Crippen molar-refractivity contribution in [3.05, 3.63) is 23.8 Å². The van der Waals surface area contributed by atoms with Crippen molar-refractivity contribution in [1.82, 2.24) is 0 Å². The molecule has 0 bridgehead atoms. The largest absolute Gasteiger partial charge is 1.00 e. The first-order chi connectivity index (χ1) is 23.2. The number of hydrogen-bond donors (Lipinski definition) is 1. The van der Waals surface area contributed by atoms with Crippen molar-refractivity contribution in [2.45, 2.75) is 219 Å². The number of benzene rings is 1. The molecule has 48 heavy (non-hydrogen) atoms. The van der Waals surface area contributed by atoms with Crippen LogP contribution in [0.5, 0.6) is 11.5 Å². The average molecular weight is 683 g/mol. The molecule has 0 unspecified atom stereocenters. The first-order valence-electron chi connectivity index (χ1n) is 20.8. The summed E-state index contributed by atoms with van der Waals surface area (Å²) in [5.41, 5.74) is 0.252. The van der Waals surface area contributed by atoms with Crippen LogP contribution in [0.3, 0.4) is 0 Å². The zero-order valence-corrected chi connectivity index (χ0v) is 34.4. The molecule has 0 aliphatic rings. The minimum absolute atomic E-state index is 0. The second-order valence-electron chi connectivity index (χ2n) is 14.3. The Kier molecular flexibility index (Phi) is 37.0. The van der Waals surface area contributed by atoms with Gasteiger partial charge in [0.2, 0.25) is 0 Å². The van der Waals surface area contributed by atoms with Crippen LogP contribution < -0.4 is 39.0 Å². The Morgan fingerprint density at radius 1 is 0.458 bits per heavy atom. The Bertz CT molecular complexity index is 821. The van der Waals surface area contributed by atoms with Gasteiger partial charge in [-0.1, -0.05) is 206 Å². The van der Waals surface area contributed by atoms with Gasteiger partial charge in [0.05, 0.1) is 18.8 Å². The smallest absolute Gasteiger partial charge is 1.00 e. The predicted molar refractivity (Wildman–Crippen MR) is 205 cm³/mol. The molecule has 4 nitrogen and oxygen atoms in total. The molecule has 276 valence electrons. The van der Waals surface area contributed by atoms with Gasteiger partial charge in [0.1, 0.15) is 0 Å². The molecule has 0 atom stereocenters. The SMILES string of the molecule is CCCCCCCCCCCCCCCCCCOc1ccc(C(=O)O)cc1OCCCCCCCCCCCCCCCCCC.[H-].[Na+]. The second kappa shape index (κ2) is 37.5. The third kappa shape index (κ3) is 30.1. The van der Waals surface area contributed by atoms with Crippen molar-refractivity contribution >= 4 is 5.97 Å². The van der Waals surface area contributed by atoms with E-state index in [0.29, 0.717) is 24.7 Å². The molecule has 1 aromatic carbocycles. The van der Waals surface area contributed by atoms with Gasteiger partial charge in [0, 0.05) is 0 Å². The van der Waals surface area contributed by atoms with E-state index in [-0.39, 0.29) is 36.5 Å². The van der Waals surface area contributed by atoms with Crippen molar-refractivity contribution in [2.24, 2.45) is 0 Å². The summed E-state index contributed by atoms with van der Waals surface area (Å²) in [5.74, 6) is 0.316. The molecular weight excluding hydrogens is 603 g/mol. The normalized spacial score (nSPS) is 11.0. The van der Waals surface area contributed by atoms with Gasteiger partial charge in [-0.25, -0.2) is 4.79 Å². The maximum atomic E-state index is 11.5. The molecule has 0 spiro atoms. The average Bonchev–Trinajstić information content (AvgIpc) is 3.07. The summed E-state index contributed by atoms with van der Waals surface area (Å²) < 4.78 is 12.1. The fourth-order valence-corrected chi connectivity index (χ4v) is 6.54. The fraction of sp³-hybridized carbons (Fsp3) is 0.837. The third-order valence-electron chi connectivity index (χ3n) is 9.70. The minimum Gasteiger partial charge on any atom is -1.00 e. The van der Waals surface area contributed by atoms with Crippen LogP contribution in [0.1, 0.15) is 231 Å². The van der Waals surface area contributed by atoms with Gasteiger partial charge >= 0.3 is 35.5 Å². The molecule has 0 amide bonds. The Labute approximate surface area is 322 Å². The van der Waals surface area contributed by atoms with Gasteiger partial charge in [-0.05, 0) is 31.0 Å². The molecule has 1 rings (SSSR count). The zero-order chi connectivity index (χ0) is 33.9. The summed E-state index contributed by atoms with van der Waals surface area (Å²) in [5, 5.41) is 9.46. The standard InChI is InChI=1S/C43H78O4.Na.H/c1-3-5-7-9-11-13-15-17-19-21-23-25-27-29-31-33-37-46-41-36-35-40(43(44)45)39-42(41)47-38-34-32-30-28-26-24-22-20-18-16-14-12-10-8-6-4-2;;/h35-36,39H,3-34,37-38H2,1-2H3,(H,44,45);;/q;+1;-1. The molecule has 0 aromatic heterocycles. The van der Waals surface area contributed by atoms with Crippen LogP contribution in [-0.2, 0) is 0 Å². The molecule has 0 heterocycles. The number of unbranched alkanes of at least 4 members (excludes halogenated alkanes) is 30. The number of aromatic carboxylic acids is 1. The summed E-state index contributed by atoms with van der Waals surface area (Å²) in [7, 11) is 0. The van der Waals surface area contributed by atoms with E-state index in [2.05, 4.69) is 13.8 Å². The number of ether oxygens (including phenoxy) is 2. The van der Waals surface area contributed by atoms with Crippen LogP contribution >= 0.6 is 0 Å². The maximum Gasteiger partial charge on any atom is 1.00 e. The van der Waals surface area contributed by atoms with E-state index in [4.69, 9.17) is 9.47 Å². The van der Waals surface area contributed by atoms with Crippen LogP contribution in [0.2, 0.25) is 0 Å². The number of carboxylic acids is 1. The van der Waals surface area contributed by atoms with E-state index in [1.165, 1.54) is 186 Å². The van der Waals surface area contributed by atoms with Crippen molar-refractivity contribution < 1.29 is 50.4 Å². The summed E-state index contributed by atoms with van der Waals surface area (Å²) in [6.45, 7) is 5.83. The first kappa shape index (κ1) is 47.3. The number of carboxylic acid groups (broad SMARTS) is 1. The molecule has 0 fully saturated rings. The van der Waals surface area contributed by atoms with Crippen LogP contribution in [-0.4, -0.2) is 24.3 Å². The molecule has 0 saturated heterocycles. The number of hydrogen-bond acceptors (Lipinski definition) is 3. The second-order valence-corrected chi connectivity index (χ2v) is 14.3. The van der Waals surface area contributed by atoms with E-state index >= 15 is 0 Å². The van der Waals surface area contributed by atoms with Crippen molar-refractivity contribution in [1.29, 1.82) is 0 Å². The summed E-state index contributed by atoms with van der Waals surface area (Å²) >= 11 is 0. The van der Waals surface area contributed by atoms with Crippen LogP contribution in [0.25, 0.3) is 0 Å². The molecule has 5 heteroatoms. The van der Waals surface area contributed by atoms with E-state index < -0.39 is 5.97 Å². The maximum absolute atomic E-state index is 11.5. The van der Waals surface area contributed by atoms with Crippen LogP contribution in [0.15, 0.2) is 18.2 Å². The molecular formula is C43H79NaO4. The Morgan fingerprint density at radius 3 is 1.02 bits per heavy atom. The molecule has 0 aliphatic heterocycles. The van der Waals surface area contributed by atoms with Crippen LogP contribution in [0, 0.1) is 0 Å². The van der Waals surface area contributed by atoms with Gasteiger partial charge in [-0.3, -0.25) is 0 Å². The number of rotatable bonds is 37. The van der Waals surface area contributed by atoms with Crippen molar-refractivity contribution in [3.63, 3.8) is 0 Å². The molecule has 0 aliphatic carbocycles. The quantitative estimate of drug-likeness (QED) is 0.0560. The molecule has 1 aromatic rings. The van der Waals surface area contributed by atoms with Crippen molar-refractivity contribution in [3.8, 4) is 11.5 Å². The van der Waals surface area contributed by atoms with E-state index in [1.54, 1.807) is 18.2 Å². The third-order valence-corrected chi connectivity index (χ3v) is 9.70. The molecule has 1 N–H and O–H groups in total. The monoisotopic (exact) mass is 683 g/mol. The fourth-order valence-electron chi connectivity index (χ4n) is 6.54. The first-order valence-corrected chi connectivity index (χ1v) is 20.8.